The Bertz CT molecular complexity index is 704. The minimum absolute atomic E-state index is 0.150. The number of halogens is 2. The summed E-state index contributed by atoms with van der Waals surface area (Å²) in [6.45, 7) is 2.68. The fourth-order valence-corrected chi connectivity index (χ4v) is 4.00. The van der Waals surface area contributed by atoms with Crippen molar-refractivity contribution < 1.29 is 9.53 Å². The minimum Gasteiger partial charge on any atom is -0.465 e. The van der Waals surface area contributed by atoms with Crippen molar-refractivity contribution in [3.05, 3.63) is 56.5 Å². The van der Waals surface area contributed by atoms with Gasteiger partial charge in [-0.15, -0.1) is 0 Å². The molecule has 0 unspecified atom stereocenters. The zero-order chi connectivity index (χ0) is 17.1. The minimum atomic E-state index is -0.337. The highest BCUT2D eigenvalue weighted by atomic mass is 79.9. The highest BCUT2D eigenvalue weighted by molar-refractivity contribution is 9.10. The molecule has 0 spiro atoms. The van der Waals surface area contributed by atoms with Gasteiger partial charge in [0.2, 0.25) is 0 Å². The molecular weight excluding hydrogens is 432 g/mol. The monoisotopic (exact) mass is 450 g/mol. The van der Waals surface area contributed by atoms with E-state index in [-0.39, 0.29) is 11.9 Å². The number of hydrogen-bond acceptors (Lipinski definition) is 2. The molecule has 1 aliphatic rings. The lowest BCUT2D eigenvalue weighted by atomic mass is 9.97. The van der Waals surface area contributed by atoms with Crippen LogP contribution < -0.4 is 0 Å². The molecule has 3 rings (SSSR count). The molecule has 0 atom stereocenters. The lowest BCUT2D eigenvalue weighted by Gasteiger charge is -2.13. The van der Waals surface area contributed by atoms with Crippen LogP contribution in [0.4, 0.5) is 0 Å². The van der Waals surface area contributed by atoms with Crippen molar-refractivity contribution in [3.8, 4) is 11.1 Å². The van der Waals surface area contributed by atoms with E-state index in [1.54, 1.807) is 0 Å². The standard InChI is InChI=1S/C20H20Br2O2/c1-2-3-4-5-10-24-20(23)19-17-11-13(21)6-8-15(17)16-9-7-14(22)12-18(16)19/h6-9,11-12,19H,2-5,10H2,1H3. The van der Waals surface area contributed by atoms with E-state index in [1.165, 1.54) is 12.8 Å². The van der Waals surface area contributed by atoms with Crippen LogP contribution in [0.5, 0.6) is 0 Å². The Labute approximate surface area is 159 Å². The normalized spacial score (nSPS) is 12.8. The molecule has 0 N–H and O–H groups in total. The highest BCUT2D eigenvalue weighted by Crippen LogP contribution is 2.47. The summed E-state index contributed by atoms with van der Waals surface area (Å²) in [5, 5.41) is 0. The number of hydrogen-bond donors (Lipinski definition) is 0. The summed E-state index contributed by atoms with van der Waals surface area (Å²) in [5.74, 6) is -0.487. The maximum atomic E-state index is 12.8. The van der Waals surface area contributed by atoms with Crippen molar-refractivity contribution in [2.45, 2.75) is 38.5 Å². The van der Waals surface area contributed by atoms with Crippen molar-refractivity contribution >= 4 is 37.8 Å². The van der Waals surface area contributed by atoms with Gasteiger partial charge in [-0.3, -0.25) is 4.79 Å². The van der Waals surface area contributed by atoms with Crippen LogP contribution in [0.2, 0.25) is 0 Å². The number of benzene rings is 2. The molecule has 0 aromatic heterocycles. The Hall–Kier alpha value is -1.13. The van der Waals surface area contributed by atoms with Gasteiger partial charge in [-0.25, -0.2) is 0 Å². The molecular formula is C20H20Br2O2. The zero-order valence-electron chi connectivity index (χ0n) is 13.6. The molecule has 1 aliphatic carbocycles. The van der Waals surface area contributed by atoms with Crippen molar-refractivity contribution in [3.63, 3.8) is 0 Å². The van der Waals surface area contributed by atoms with Crippen LogP contribution in [-0.4, -0.2) is 12.6 Å². The Morgan fingerprint density at radius 1 is 0.958 bits per heavy atom. The largest absolute Gasteiger partial charge is 0.465 e. The van der Waals surface area contributed by atoms with E-state index in [1.807, 2.05) is 24.3 Å². The Balaban J connectivity index is 1.86. The number of unbranched alkanes of at least 4 members (excludes halogenated alkanes) is 3. The van der Waals surface area contributed by atoms with Gasteiger partial charge in [0, 0.05) is 8.95 Å². The Morgan fingerprint density at radius 2 is 1.54 bits per heavy atom. The van der Waals surface area contributed by atoms with Crippen LogP contribution >= 0.6 is 31.9 Å². The summed E-state index contributed by atoms with van der Waals surface area (Å²) in [4.78, 5) is 12.8. The number of rotatable bonds is 6. The average molecular weight is 452 g/mol. The molecule has 4 heteroatoms. The fourth-order valence-electron chi connectivity index (χ4n) is 3.24. The van der Waals surface area contributed by atoms with Crippen molar-refractivity contribution in [1.82, 2.24) is 0 Å². The van der Waals surface area contributed by atoms with Crippen LogP contribution in [0, 0.1) is 0 Å². The number of carbonyl (C=O) groups is 1. The lowest BCUT2D eigenvalue weighted by molar-refractivity contribution is -0.144. The van der Waals surface area contributed by atoms with Gasteiger partial charge in [0.25, 0.3) is 0 Å². The van der Waals surface area contributed by atoms with E-state index in [9.17, 15) is 4.79 Å². The quantitative estimate of drug-likeness (QED) is 0.372. The molecule has 24 heavy (non-hydrogen) atoms. The van der Waals surface area contributed by atoms with E-state index >= 15 is 0 Å². The van der Waals surface area contributed by atoms with Gasteiger partial charge < -0.3 is 4.74 Å². The van der Waals surface area contributed by atoms with Crippen LogP contribution in [0.25, 0.3) is 11.1 Å². The van der Waals surface area contributed by atoms with E-state index in [0.29, 0.717) is 6.61 Å². The van der Waals surface area contributed by atoms with Gasteiger partial charge >= 0.3 is 5.97 Å². The molecule has 2 nitrogen and oxygen atoms in total. The maximum Gasteiger partial charge on any atom is 0.317 e. The molecule has 0 aliphatic heterocycles. The molecule has 126 valence electrons. The Kier molecular flexibility index (Phi) is 5.77. The average Bonchev–Trinajstić information content (AvgIpc) is 2.86. The number of esters is 1. The summed E-state index contributed by atoms with van der Waals surface area (Å²) >= 11 is 7.04. The SMILES string of the molecule is CCCCCCOC(=O)C1c2cc(Br)ccc2-c2ccc(Br)cc21. The van der Waals surface area contributed by atoms with E-state index < -0.39 is 0 Å². The molecule has 2 aromatic rings. The summed E-state index contributed by atoms with van der Waals surface area (Å²) in [6.07, 6.45) is 4.41. The number of fused-ring (bicyclic) bond motifs is 3. The van der Waals surface area contributed by atoms with E-state index in [0.717, 1.165) is 44.0 Å². The van der Waals surface area contributed by atoms with Crippen LogP contribution in [0.15, 0.2) is 45.3 Å². The van der Waals surface area contributed by atoms with E-state index in [2.05, 4.69) is 50.9 Å². The highest BCUT2D eigenvalue weighted by Gasteiger charge is 2.35. The molecule has 0 heterocycles. The first-order valence-electron chi connectivity index (χ1n) is 8.37. The predicted molar refractivity (Wildman–Crippen MR) is 104 cm³/mol. The second-order valence-electron chi connectivity index (χ2n) is 6.12. The van der Waals surface area contributed by atoms with Crippen LogP contribution in [-0.2, 0) is 9.53 Å². The summed E-state index contributed by atoms with van der Waals surface area (Å²) < 4.78 is 7.56. The maximum absolute atomic E-state index is 12.8. The van der Waals surface area contributed by atoms with Gasteiger partial charge in [0.1, 0.15) is 5.92 Å². The van der Waals surface area contributed by atoms with Crippen LogP contribution in [0.1, 0.15) is 49.7 Å². The van der Waals surface area contributed by atoms with Gasteiger partial charge in [-0.1, -0.05) is 70.2 Å². The smallest absolute Gasteiger partial charge is 0.317 e. The summed E-state index contributed by atoms with van der Waals surface area (Å²) in [7, 11) is 0. The Morgan fingerprint density at radius 3 is 2.08 bits per heavy atom. The first-order chi connectivity index (χ1) is 11.6. The van der Waals surface area contributed by atoms with Gasteiger partial charge in [-0.2, -0.15) is 0 Å². The molecule has 0 radical (unpaired) electrons. The van der Waals surface area contributed by atoms with E-state index in [4.69, 9.17) is 4.74 Å². The molecule has 0 amide bonds. The molecule has 0 saturated carbocycles. The fraction of sp³-hybridized carbons (Fsp3) is 0.350. The first kappa shape index (κ1) is 17.7. The van der Waals surface area contributed by atoms with Crippen LogP contribution in [0.3, 0.4) is 0 Å². The molecule has 0 bridgehead atoms. The third-order valence-electron chi connectivity index (χ3n) is 4.42. The zero-order valence-corrected chi connectivity index (χ0v) is 16.8. The van der Waals surface area contributed by atoms with Crippen molar-refractivity contribution in [1.29, 1.82) is 0 Å². The second-order valence-corrected chi connectivity index (χ2v) is 7.96. The molecule has 0 saturated heterocycles. The van der Waals surface area contributed by atoms with Crippen molar-refractivity contribution in [2.24, 2.45) is 0 Å². The van der Waals surface area contributed by atoms with Gasteiger partial charge in [0.05, 0.1) is 6.61 Å². The summed E-state index contributed by atoms with van der Waals surface area (Å²) in [5.41, 5.74) is 4.29. The van der Waals surface area contributed by atoms with Crippen molar-refractivity contribution in [2.75, 3.05) is 6.61 Å². The van der Waals surface area contributed by atoms with Gasteiger partial charge in [-0.05, 0) is 52.9 Å². The van der Waals surface area contributed by atoms with Gasteiger partial charge in [0.15, 0.2) is 0 Å². The third kappa shape index (κ3) is 3.60. The summed E-state index contributed by atoms with van der Waals surface area (Å²) in [6, 6.07) is 12.2. The predicted octanol–water partition coefficient (Wildman–Crippen LogP) is 6.45. The molecule has 0 fully saturated rings. The lowest BCUT2D eigenvalue weighted by Crippen LogP contribution is -2.16. The first-order valence-corrected chi connectivity index (χ1v) is 9.96. The molecule has 2 aromatic carbocycles. The second kappa shape index (κ2) is 7.83. The number of ether oxygens (including phenoxy) is 1. The topological polar surface area (TPSA) is 26.3 Å². The third-order valence-corrected chi connectivity index (χ3v) is 5.40. The number of carbonyl (C=O) groups excluding carboxylic acids is 1.